The standard InChI is InChI=1S/C23H19N3O4/c24-15-21(20-11-3-7-16-6-1-2-10-19(16)20)22(27)12-5-13-23(28)25-17-8-4-9-18(14-17)26(29)30/h1-4,6-11,14,21H,5,12-13H2,(H,25,28). The number of ketones is 1. The van der Waals surface area contributed by atoms with E-state index in [9.17, 15) is 25.0 Å². The lowest BCUT2D eigenvalue weighted by molar-refractivity contribution is -0.384. The number of nitriles is 1. The fourth-order valence-corrected chi connectivity index (χ4v) is 3.31. The van der Waals surface area contributed by atoms with Gasteiger partial charge >= 0.3 is 0 Å². The van der Waals surface area contributed by atoms with Crippen LogP contribution >= 0.6 is 0 Å². The van der Waals surface area contributed by atoms with Gasteiger partial charge in [-0.05, 0) is 28.8 Å². The molecule has 1 atom stereocenters. The molecule has 0 fully saturated rings. The van der Waals surface area contributed by atoms with E-state index in [4.69, 9.17) is 0 Å². The molecule has 0 aliphatic rings. The molecular weight excluding hydrogens is 382 g/mol. The van der Waals surface area contributed by atoms with Gasteiger partial charge in [0.25, 0.3) is 5.69 Å². The van der Waals surface area contributed by atoms with Crippen molar-refractivity contribution in [3.63, 3.8) is 0 Å². The zero-order valence-electron chi connectivity index (χ0n) is 16.1. The van der Waals surface area contributed by atoms with Crippen LogP contribution in [0.2, 0.25) is 0 Å². The maximum absolute atomic E-state index is 12.6. The van der Waals surface area contributed by atoms with E-state index in [1.807, 2.05) is 36.4 Å². The molecule has 150 valence electrons. The third-order valence-electron chi connectivity index (χ3n) is 4.75. The van der Waals surface area contributed by atoms with Crippen LogP contribution in [0, 0.1) is 21.4 Å². The van der Waals surface area contributed by atoms with Gasteiger partial charge in [0.15, 0.2) is 5.78 Å². The van der Waals surface area contributed by atoms with Crippen LogP contribution in [-0.4, -0.2) is 16.6 Å². The Hall–Kier alpha value is -4.05. The van der Waals surface area contributed by atoms with E-state index in [0.717, 1.165) is 10.8 Å². The summed E-state index contributed by atoms with van der Waals surface area (Å²) in [7, 11) is 0. The van der Waals surface area contributed by atoms with Crippen molar-refractivity contribution in [1.29, 1.82) is 5.26 Å². The van der Waals surface area contributed by atoms with Crippen LogP contribution in [-0.2, 0) is 9.59 Å². The van der Waals surface area contributed by atoms with Crippen molar-refractivity contribution in [3.05, 3.63) is 82.4 Å². The number of carbonyl (C=O) groups is 2. The number of non-ortho nitro benzene ring substituents is 1. The second kappa shape index (κ2) is 9.43. The Kier molecular flexibility index (Phi) is 6.50. The Morgan fingerprint density at radius 3 is 2.53 bits per heavy atom. The van der Waals surface area contributed by atoms with E-state index >= 15 is 0 Å². The molecular formula is C23H19N3O4. The summed E-state index contributed by atoms with van der Waals surface area (Å²) in [4.78, 5) is 35.0. The first kappa shape index (κ1) is 20.7. The number of fused-ring (bicyclic) bond motifs is 1. The van der Waals surface area contributed by atoms with E-state index in [1.165, 1.54) is 18.2 Å². The van der Waals surface area contributed by atoms with Crippen molar-refractivity contribution in [2.45, 2.75) is 25.2 Å². The van der Waals surface area contributed by atoms with Crippen molar-refractivity contribution in [3.8, 4) is 6.07 Å². The highest BCUT2D eigenvalue weighted by molar-refractivity contribution is 5.96. The number of nitrogens with one attached hydrogen (secondary N) is 1. The molecule has 7 heteroatoms. The largest absolute Gasteiger partial charge is 0.326 e. The number of anilines is 1. The van der Waals surface area contributed by atoms with Gasteiger partial charge in [0.05, 0.1) is 11.0 Å². The molecule has 1 N–H and O–H groups in total. The van der Waals surface area contributed by atoms with E-state index in [0.29, 0.717) is 11.3 Å². The summed E-state index contributed by atoms with van der Waals surface area (Å²) in [6, 6.07) is 20.8. The van der Waals surface area contributed by atoms with Gasteiger partial charge in [0.2, 0.25) is 5.91 Å². The number of nitro groups is 1. The summed E-state index contributed by atoms with van der Waals surface area (Å²) < 4.78 is 0. The van der Waals surface area contributed by atoms with Crippen LogP contribution in [0.5, 0.6) is 0 Å². The van der Waals surface area contributed by atoms with Crippen LogP contribution in [0.1, 0.15) is 30.7 Å². The highest BCUT2D eigenvalue weighted by atomic mass is 16.6. The van der Waals surface area contributed by atoms with Crippen molar-refractivity contribution >= 4 is 33.8 Å². The third-order valence-corrected chi connectivity index (χ3v) is 4.75. The summed E-state index contributed by atoms with van der Waals surface area (Å²) >= 11 is 0. The molecule has 30 heavy (non-hydrogen) atoms. The fraction of sp³-hybridized carbons (Fsp3) is 0.174. The first-order chi connectivity index (χ1) is 14.5. The fourth-order valence-electron chi connectivity index (χ4n) is 3.31. The van der Waals surface area contributed by atoms with Gasteiger partial charge in [-0.2, -0.15) is 5.26 Å². The van der Waals surface area contributed by atoms with Crippen LogP contribution in [0.15, 0.2) is 66.7 Å². The smallest absolute Gasteiger partial charge is 0.271 e. The second-order valence-corrected chi connectivity index (χ2v) is 6.81. The lowest BCUT2D eigenvalue weighted by Crippen LogP contribution is -2.14. The highest BCUT2D eigenvalue weighted by Gasteiger charge is 2.22. The predicted octanol–water partition coefficient (Wildman–Crippen LogP) is 4.73. The number of amides is 1. The molecule has 0 heterocycles. The summed E-state index contributed by atoms with van der Waals surface area (Å²) in [5, 5.41) is 24.8. The maximum atomic E-state index is 12.6. The van der Waals surface area contributed by atoms with Crippen LogP contribution in [0.25, 0.3) is 10.8 Å². The summed E-state index contributed by atoms with van der Waals surface area (Å²) in [6.45, 7) is 0. The van der Waals surface area contributed by atoms with Crippen molar-refractivity contribution in [2.24, 2.45) is 0 Å². The second-order valence-electron chi connectivity index (χ2n) is 6.81. The number of hydrogen-bond acceptors (Lipinski definition) is 5. The molecule has 1 amide bonds. The minimum Gasteiger partial charge on any atom is -0.326 e. The summed E-state index contributed by atoms with van der Waals surface area (Å²) in [5.74, 6) is -1.48. The van der Waals surface area contributed by atoms with Crippen molar-refractivity contribution in [1.82, 2.24) is 0 Å². The van der Waals surface area contributed by atoms with Gasteiger partial charge in [-0.3, -0.25) is 19.7 Å². The van der Waals surface area contributed by atoms with Gasteiger partial charge < -0.3 is 5.32 Å². The zero-order chi connectivity index (χ0) is 21.5. The number of nitro benzene ring substituents is 1. The minimum absolute atomic E-state index is 0.0715. The van der Waals surface area contributed by atoms with Gasteiger partial charge in [-0.25, -0.2) is 0 Å². The Morgan fingerprint density at radius 2 is 1.77 bits per heavy atom. The Balaban J connectivity index is 1.59. The van der Waals surface area contributed by atoms with Gasteiger partial charge in [-0.15, -0.1) is 0 Å². The lowest BCUT2D eigenvalue weighted by atomic mass is 9.89. The summed E-state index contributed by atoms with van der Waals surface area (Å²) in [6.07, 6.45) is 0.439. The maximum Gasteiger partial charge on any atom is 0.271 e. The molecule has 0 saturated heterocycles. The zero-order valence-corrected chi connectivity index (χ0v) is 16.1. The lowest BCUT2D eigenvalue weighted by Gasteiger charge is -2.12. The molecule has 1 unspecified atom stereocenters. The van der Waals surface area contributed by atoms with Crippen LogP contribution < -0.4 is 5.32 Å². The van der Waals surface area contributed by atoms with Crippen LogP contribution in [0.4, 0.5) is 11.4 Å². The molecule has 3 aromatic carbocycles. The SMILES string of the molecule is N#CC(C(=O)CCCC(=O)Nc1cccc([N+](=O)[O-])c1)c1cccc2ccccc12. The Labute approximate surface area is 173 Å². The average molecular weight is 401 g/mol. The molecule has 0 bridgehead atoms. The monoisotopic (exact) mass is 401 g/mol. The highest BCUT2D eigenvalue weighted by Crippen LogP contribution is 2.27. The molecule has 0 aliphatic carbocycles. The third kappa shape index (κ3) is 4.86. The number of benzene rings is 3. The Morgan fingerprint density at radius 1 is 1.03 bits per heavy atom. The van der Waals surface area contributed by atoms with Gasteiger partial charge in [0.1, 0.15) is 5.92 Å². The Bertz CT molecular complexity index is 1150. The van der Waals surface area contributed by atoms with Crippen LogP contribution in [0.3, 0.4) is 0 Å². The molecule has 0 saturated carbocycles. The molecule has 0 aliphatic heterocycles. The molecule has 0 aromatic heterocycles. The average Bonchev–Trinajstić information content (AvgIpc) is 2.74. The van der Waals surface area contributed by atoms with E-state index in [1.54, 1.807) is 12.1 Å². The minimum atomic E-state index is -0.893. The number of Topliss-reactive ketones (excluding diaryl/α,β-unsaturated/α-hetero) is 1. The van der Waals surface area contributed by atoms with Gasteiger partial charge in [-0.1, -0.05) is 48.5 Å². The van der Waals surface area contributed by atoms with Crippen molar-refractivity contribution in [2.75, 3.05) is 5.32 Å². The molecule has 3 aromatic rings. The number of nitrogens with zero attached hydrogens (tertiary/aromatic N) is 2. The number of rotatable bonds is 8. The van der Waals surface area contributed by atoms with E-state index < -0.39 is 10.8 Å². The molecule has 0 radical (unpaired) electrons. The first-order valence-corrected chi connectivity index (χ1v) is 9.44. The number of carbonyl (C=O) groups excluding carboxylic acids is 2. The van der Waals surface area contributed by atoms with Gasteiger partial charge in [0, 0.05) is 30.7 Å². The van der Waals surface area contributed by atoms with Crippen molar-refractivity contribution < 1.29 is 14.5 Å². The van der Waals surface area contributed by atoms with E-state index in [2.05, 4.69) is 11.4 Å². The quantitative estimate of drug-likeness (QED) is 0.433. The number of hydrogen-bond donors (Lipinski definition) is 1. The summed E-state index contributed by atoms with van der Waals surface area (Å²) in [5.41, 5.74) is 0.878. The molecule has 0 spiro atoms. The molecule has 3 rings (SSSR count). The first-order valence-electron chi connectivity index (χ1n) is 9.44. The van der Waals surface area contributed by atoms with E-state index in [-0.39, 0.29) is 36.6 Å². The topological polar surface area (TPSA) is 113 Å². The normalized spacial score (nSPS) is 11.4. The molecule has 7 nitrogen and oxygen atoms in total. The predicted molar refractivity (Wildman–Crippen MR) is 113 cm³/mol.